The first-order valence-corrected chi connectivity index (χ1v) is 8.32. The highest BCUT2D eigenvalue weighted by molar-refractivity contribution is 5.99. The van der Waals surface area contributed by atoms with E-state index in [0.717, 1.165) is 6.08 Å². The first kappa shape index (κ1) is 20.5. The summed E-state index contributed by atoms with van der Waals surface area (Å²) in [7, 11) is 0. The van der Waals surface area contributed by atoms with Gasteiger partial charge >= 0.3 is 5.97 Å². The van der Waals surface area contributed by atoms with Crippen molar-refractivity contribution in [2.75, 3.05) is 5.32 Å². The van der Waals surface area contributed by atoms with Gasteiger partial charge in [0.15, 0.2) is 11.9 Å². The van der Waals surface area contributed by atoms with E-state index in [0.29, 0.717) is 11.3 Å². The minimum Gasteiger partial charge on any atom is -0.449 e. The molecule has 8 heteroatoms. The summed E-state index contributed by atoms with van der Waals surface area (Å²) in [6, 6.07) is 12.3. The number of esters is 1. The summed E-state index contributed by atoms with van der Waals surface area (Å²) in [4.78, 5) is 45.8. The lowest BCUT2D eigenvalue weighted by atomic mass is 10.1. The quantitative estimate of drug-likeness (QED) is 0.258. The summed E-state index contributed by atoms with van der Waals surface area (Å²) in [5.41, 5.74) is 0.927. The van der Waals surface area contributed by atoms with Crippen LogP contribution in [0.25, 0.3) is 6.08 Å². The Kier molecular flexibility index (Phi) is 6.75. The second-order valence-corrected chi connectivity index (χ2v) is 5.85. The van der Waals surface area contributed by atoms with Gasteiger partial charge < -0.3 is 10.1 Å². The molecule has 0 aliphatic carbocycles. The van der Waals surface area contributed by atoms with Crippen molar-refractivity contribution in [1.29, 1.82) is 0 Å². The SMILES string of the molecule is CC(=O)c1cccc(NC(=O)[C@H](C)OC(=O)/C=C/c2ccccc2[N+](=O)[O-])c1. The van der Waals surface area contributed by atoms with E-state index in [9.17, 15) is 24.5 Å². The Morgan fingerprint density at radius 1 is 1.14 bits per heavy atom. The van der Waals surface area contributed by atoms with Crippen molar-refractivity contribution in [3.05, 3.63) is 75.8 Å². The number of hydrogen-bond donors (Lipinski definition) is 1. The Morgan fingerprint density at radius 2 is 1.86 bits per heavy atom. The minimum atomic E-state index is -1.11. The molecule has 0 saturated heterocycles. The highest BCUT2D eigenvalue weighted by Crippen LogP contribution is 2.19. The number of carbonyl (C=O) groups excluding carboxylic acids is 3. The van der Waals surface area contributed by atoms with Gasteiger partial charge in [-0.2, -0.15) is 0 Å². The molecular weight excluding hydrogens is 364 g/mol. The molecule has 0 spiro atoms. The van der Waals surface area contributed by atoms with Crippen molar-refractivity contribution in [2.45, 2.75) is 20.0 Å². The Hall–Kier alpha value is -3.81. The van der Waals surface area contributed by atoms with Crippen molar-refractivity contribution in [2.24, 2.45) is 0 Å². The Bertz CT molecular complexity index is 951. The van der Waals surface area contributed by atoms with Gasteiger partial charge in [0.1, 0.15) is 0 Å². The van der Waals surface area contributed by atoms with Crippen LogP contribution in [0.2, 0.25) is 0 Å². The molecule has 1 amide bonds. The molecule has 0 aliphatic rings. The van der Waals surface area contributed by atoms with E-state index in [-0.39, 0.29) is 17.0 Å². The molecule has 0 fully saturated rings. The zero-order chi connectivity index (χ0) is 20.7. The molecule has 0 saturated carbocycles. The lowest BCUT2D eigenvalue weighted by Gasteiger charge is -2.12. The van der Waals surface area contributed by atoms with Gasteiger partial charge in [-0.3, -0.25) is 19.7 Å². The zero-order valence-electron chi connectivity index (χ0n) is 15.2. The van der Waals surface area contributed by atoms with Crippen LogP contribution in [0.3, 0.4) is 0 Å². The summed E-state index contributed by atoms with van der Waals surface area (Å²) >= 11 is 0. The predicted molar refractivity (Wildman–Crippen MR) is 103 cm³/mol. The van der Waals surface area contributed by atoms with Crippen LogP contribution in [-0.2, 0) is 14.3 Å². The summed E-state index contributed by atoms with van der Waals surface area (Å²) in [5.74, 6) is -1.54. The third-order valence-corrected chi connectivity index (χ3v) is 3.73. The lowest BCUT2D eigenvalue weighted by Crippen LogP contribution is -2.29. The molecule has 0 unspecified atom stereocenters. The van der Waals surface area contributed by atoms with Crippen LogP contribution in [0.1, 0.15) is 29.8 Å². The van der Waals surface area contributed by atoms with Gasteiger partial charge in [0.2, 0.25) is 0 Å². The second kappa shape index (κ2) is 9.22. The van der Waals surface area contributed by atoms with E-state index in [1.165, 1.54) is 44.2 Å². The standard InChI is InChI=1S/C20H18N2O6/c1-13(23)16-7-5-8-17(12-16)21-20(25)14(2)28-19(24)11-10-15-6-3-4-9-18(15)22(26)27/h3-12,14H,1-2H3,(H,21,25)/b11-10+/t14-/m0/s1. The molecule has 0 bridgehead atoms. The molecule has 144 valence electrons. The fourth-order valence-electron chi connectivity index (χ4n) is 2.28. The number of anilines is 1. The van der Waals surface area contributed by atoms with E-state index >= 15 is 0 Å². The van der Waals surface area contributed by atoms with Crippen LogP contribution in [0, 0.1) is 10.1 Å². The van der Waals surface area contributed by atoms with Gasteiger partial charge in [-0.1, -0.05) is 24.3 Å². The number of amides is 1. The van der Waals surface area contributed by atoms with E-state index in [4.69, 9.17) is 4.74 Å². The first-order chi connectivity index (χ1) is 13.3. The molecular formula is C20H18N2O6. The Morgan fingerprint density at radius 3 is 2.54 bits per heavy atom. The summed E-state index contributed by atoms with van der Waals surface area (Å²) in [5, 5.41) is 13.5. The normalized spacial score (nSPS) is 11.6. The van der Waals surface area contributed by atoms with Crippen molar-refractivity contribution >= 4 is 35.1 Å². The van der Waals surface area contributed by atoms with Crippen molar-refractivity contribution in [3.63, 3.8) is 0 Å². The van der Waals surface area contributed by atoms with Crippen LogP contribution in [0.15, 0.2) is 54.6 Å². The molecule has 2 rings (SSSR count). The fraction of sp³-hybridized carbons (Fsp3) is 0.150. The average Bonchev–Trinajstić information content (AvgIpc) is 2.66. The second-order valence-electron chi connectivity index (χ2n) is 5.85. The number of carbonyl (C=O) groups is 3. The smallest absolute Gasteiger partial charge is 0.331 e. The van der Waals surface area contributed by atoms with Crippen molar-refractivity contribution in [1.82, 2.24) is 0 Å². The maximum absolute atomic E-state index is 12.2. The average molecular weight is 382 g/mol. The highest BCUT2D eigenvalue weighted by atomic mass is 16.6. The third kappa shape index (κ3) is 5.60. The largest absolute Gasteiger partial charge is 0.449 e. The Labute approximate surface area is 161 Å². The van der Waals surface area contributed by atoms with E-state index in [1.807, 2.05) is 0 Å². The van der Waals surface area contributed by atoms with Crippen LogP contribution in [0.4, 0.5) is 11.4 Å². The molecule has 28 heavy (non-hydrogen) atoms. The molecule has 1 N–H and O–H groups in total. The number of benzene rings is 2. The molecule has 1 atom stereocenters. The minimum absolute atomic E-state index is 0.143. The highest BCUT2D eigenvalue weighted by Gasteiger charge is 2.17. The summed E-state index contributed by atoms with van der Waals surface area (Å²) < 4.78 is 5.01. The van der Waals surface area contributed by atoms with Crippen molar-refractivity contribution in [3.8, 4) is 0 Å². The zero-order valence-corrected chi connectivity index (χ0v) is 15.2. The summed E-state index contributed by atoms with van der Waals surface area (Å²) in [6.07, 6.45) is 1.16. The number of rotatable bonds is 7. The molecule has 0 radical (unpaired) electrons. The first-order valence-electron chi connectivity index (χ1n) is 8.32. The van der Waals surface area contributed by atoms with Gasteiger partial charge in [-0.05, 0) is 38.1 Å². The van der Waals surface area contributed by atoms with E-state index in [2.05, 4.69) is 5.32 Å². The monoisotopic (exact) mass is 382 g/mol. The number of ether oxygens (including phenoxy) is 1. The van der Waals surface area contributed by atoms with Gasteiger partial charge in [-0.15, -0.1) is 0 Å². The molecule has 8 nitrogen and oxygen atoms in total. The lowest BCUT2D eigenvalue weighted by molar-refractivity contribution is -0.385. The Balaban J connectivity index is 1.98. The maximum Gasteiger partial charge on any atom is 0.331 e. The number of nitro groups is 1. The van der Waals surface area contributed by atoms with E-state index in [1.54, 1.807) is 24.3 Å². The molecule has 2 aromatic carbocycles. The van der Waals surface area contributed by atoms with Gasteiger partial charge in [0.25, 0.3) is 11.6 Å². The van der Waals surface area contributed by atoms with Crippen LogP contribution in [-0.4, -0.2) is 28.7 Å². The molecule has 2 aromatic rings. The number of hydrogen-bond acceptors (Lipinski definition) is 6. The maximum atomic E-state index is 12.2. The number of ketones is 1. The van der Waals surface area contributed by atoms with Gasteiger partial charge in [0.05, 0.1) is 10.5 Å². The molecule has 0 heterocycles. The van der Waals surface area contributed by atoms with E-state index < -0.39 is 22.9 Å². The molecule has 0 aliphatic heterocycles. The van der Waals surface area contributed by atoms with Gasteiger partial charge in [-0.25, -0.2) is 4.79 Å². The molecule has 0 aromatic heterocycles. The fourth-order valence-corrected chi connectivity index (χ4v) is 2.28. The predicted octanol–water partition coefficient (Wildman–Crippen LogP) is 3.38. The van der Waals surface area contributed by atoms with Crippen LogP contribution in [0.5, 0.6) is 0 Å². The number of nitrogens with one attached hydrogen (secondary N) is 1. The third-order valence-electron chi connectivity index (χ3n) is 3.73. The number of nitrogens with zero attached hydrogens (tertiary/aromatic N) is 1. The van der Waals surface area contributed by atoms with Gasteiger partial charge in [0, 0.05) is 23.4 Å². The number of para-hydroxylation sites is 1. The topological polar surface area (TPSA) is 116 Å². The summed E-state index contributed by atoms with van der Waals surface area (Å²) in [6.45, 7) is 2.80. The number of Topliss-reactive ketones (excluding diaryl/α,β-unsaturated/α-hetero) is 1. The van der Waals surface area contributed by atoms with Crippen LogP contribution >= 0.6 is 0 Å². The van der Waals surface area contributed by atoms with Crippen molar-refractivity contribution < 1.29 is 24.0 Å². The number of nitro benzene ring substituents is 1. The van der Waals surface area contributed by atoms with Crippen LogP contribution < -0.4 is 5.32 Å².